The molecule has 0 fully saturated rings. The molecule has 0 aliphatic heterocycles. The van der Waals surface area contributed by atoms with Crippen LogP contribution in [0.4, 0.5) is 0 Å². The topological polar surface area (TPSA) is 57.7 Å². The van der Waals surface area contributed by atoms with E-state index in [1.807, 2.05) is 30.3 Å². The second-order valence-electron chi connectivity index (χ2n) is 7.21. The maximum atomic E-state index is 13.4. The molecule has 0 heterocycles. The number of halogens is 3. The first-order valence-corrected chi connectivity index (χ1v) is 12.2. The SMILES string of the molecule is CN(Cc1ccccc1)C(=O)CN(Cc1ccc(Cl)c(Cl)c1)S(=O)(=O)c1ccc(Cl)cc1. The molecule has 0 aliphatic rings. The Morgan fingerprint density at radius 1 is 0.812 bits per heavy atom. The Morgan fingerprint density at radius 3 is 2.09 bits per heavy atom. The van der Waals surface area contributed by atoms with Crippen molar-refractivity contribution < 1.29 is 13.2 Å². The Labute approximate surface area is 203 Å². The minimum absolute atomic E-state index is 0.0421. The highest BCUT2D eigenvalue weighted by Crippen LogP contribution is 2.25. The lowest BCUT2D eigenvalue weighted by atomic mass is 10.2. The second-order valence-corrected chi connectivity index (χ2v) is 10.4. The van der Waals surface area contributed by atoms with Crippen molar-refractivity contribution >= 4 is 50.7 Å². The Bertz CT molecular complexity index is 1190. The van der Waals surface area contributed by atoms with Crippen molar-refractivity contribution in [1.82, 2.24) is 9.21 Å². The third-order valence-electron chi connectivity index (χ3n) is 4.79. The van der Waals surface area contributed by atoms with Gasteiger partial charge in [0.15, 0.2) is 0 Å². The van der Waals surface area contributed by atoms with E-state index in [9.17, 15) is 13.2 Å². The van der Waals surface area contributed by atoms with E-state index >= 15 is 0 Å². The molecule has 3 aromatic carbocycles. The van der Waals surface area contributed by atoms with Gasteiger partial charge in [0.1, 0.15) is 0 Å². The number of likely N-dealkylation sites (N-methyl/N-ethyl adjacent to an activating group) is 1. The summed E-state index contributed by atoms with van der Waals surface area (Å²) in [4.78, 5) is 14.5. The van der Waals surface area contributed by atoms with Crippen LogP contribution in [0.15, 0.2) is 77.7 Å². The van der Waals surface area contributed by atoms with E-state index in [-0.39, 0.29) is 23.9 Å². The molecule has 3 aromatic rings. The van der Waals surface area contributed by atoms with Crippen molar-refractivity contribution in [3.05, 3.63) is 99.0 Å². The van der Waals surface area contributed by atoms with Crippen molar-refractivity contribution in [2.45, 2.75) is 18.0 Å². The predicted molar refractivity (Wildman–Crippen MR) is 128 cm³/mol. The molecule has 0 radical (unpaired) electrons. The van der Waals surface area contributed by atoms with E-state index < -0.39 is 10.0 Å². The average Bonchev–Trinajstić information content (AvgIpc) is 2.76. The van der Waals surface area contributed by atoms with Crippen molar-refractivity contribution in [1.29, 1.82) is 0 Å². The first-order chi connectivity index (χ1) is 15.2. The zero-order valence-corrected chi connectivity index (χ0v) is 20.3. The van der Waals surface area contributed by atoms with Gasteiger partial charge in [-0.05, 0) is 47.5 Å². The minimum Gasteiger partial charge on any atom is -0.340 e. The lowest BCUT2D eigenvalue weighted by Gasteiger charge is -2.25. The summed E-state index contributed by atoms with van der Waals surface area (Å²) in [5.74, 6) is -0.341. The molecule has 32 heavy (non-hydrogen) atoms. The van der Waals surface area contributed by atoms with Crippen molar-refractivity contribution in [3.8, 4) is 0 Å². The molecule has 5 nitrogen and oxygen atoms in total. The third kappa shape index (κ3) is 6.24. The van der Waals surface area contributed by atoms with Gasteiger partial charge in [-0.15, -0.1) is 0 Å². The molecule has 0 saturated carbocycles. The molecule has 0 aromatic heterocycles. The van der Waals surface area contributed by atoms with Crippen molar-refractivity contribution in [2.24, 2.45) is 0 Å². The summed E-state index contributed by atoms with van der Waals surface area (Å²) in [5.41, 5.74) is 1.55. The van der Waals surface area contributed by atoms with Crippen LogP contribution in [0.25, 0.3) is 0 Å². The summed E-state index contributed by atoms with van der Waals surface area (Å²) in [5, 5.41) is 1.08. The zero-order chi connectivity index (χ0) is 23.3. The number of rotatable bonds is 8. The van der Waals surface area contributed by atoms with Crippen molar-refractivity contribution in [2.75, 3.05) is 13.6 Å². The monoisotopic (exact) mass is 510 g/mol. The highest BCUT2D eigenvalue weighted by atomic mass is 35.5. The fraction of sp³-hybridized carbons (Fsp3) is 0.174. The van der Waals surface area contributed by atoms with Gasteiger partial charge in [0.25, 0.3) is 0 Å². The molecule has 0 unspecified atom stereocenters. The molecule has 0 atom stereocenters. The summed E-state index contributed by atoms with van der Waals surface area (Å²) in [6.45, 7) is -0.0252. The van der Waals surface area contributed by atoms with E-state index in [4.69, 9.17) is 34.8 Å². The van der Waals surface area contributed by atoms with E-state index in [0.29, 0.717) is 27.2 Å². The average molecular weight is 512 g/mol. The lowest BCUT2D eigenvalue weighted by Crippen LogP contribution is -2.40. The molecule has 0 bridgehead atoms. The normalized spacial score (nSPS) is 11.5. The number of hydrogen-bond donors (Lipinski definition) is 0. The van der Waals surface area contributed by atoms with Crippen LogP contribution in [-0.2, 0) is 27.9 Å². The molecule has 0 spiro atoms. The van der Waals surface area contributed by atoms with Crippen LogP contribution in [0, 0.1) is 0 Å². The molecule has 3 rings (SSSR count). The van der Waals surface area contributed by atoms with Crippen LogP contribution in [0.5, 0.6) is 0 Å². The quantitative estimate of drug-likeness (QED) is 0.401. The highest BCUT2D eigenvalue weighted by Gasteiger charge is 2.28. The Hall–Kier alpha value is -2.09. The smallest absolute Gasteiger partial charge is 0.243 e. The number of benzene rings is 3. The van der Waals surface area contributed by atoms with Gasteiger partial charge < -0.3 is 4.90 Å². The van der Waals surface area contributed by atoms with Gasteiger partial charge in [0.2, 0.25) is 15.9 Å². The molecule has 168 valence electrons. The van der Waals surface area contributed by atoms with Crippen LogP contribution in [-0.4, -0.2) is 37.1 Å². The molecule has 0 saturated heterocycles. The number of carbonyl (C=O) groups excluding carboxylic acids is 1. The third-order valence-corrected chi connectivity index (χ3v) is 7.59. The van der Waals surface area contributed by atoms with Crippen LogP contribution in [0.2, 0.25) is 15.1 Å². The highest BCUT2D eigenvalue weighted by molar-refractivity contribution is 7.89. The van der Waals surface area contributed by atoms with E-state index in [1.165, 1.54) is 29.2 Å². The Balaban J connectivity index is 1.87. The number of hydrogen-bond acceptors (Lipinski definition) is 3. The summed E-state index contributed by atoms with van der Waals surface area (Å²) in [7, 11) is -2.35. The van der Waals surface area contributed by atoms with E-state index in [1.54, 1.807) is 25.2 Å². The summed E-state index contributed by atoms with van der Waals surface area (Å²) >= 11 is 18.0. The van der Waals surface area contributed by atoms with E-state index in [0.717, 1.165) is 9.87 Å². The lowest BCUT2D eigenvalue weighted by molar-refractivity contribution is -0.130. The molecular formula is C23H21Cl3N2O3S. The predicted octanol–water partition coefficient (Wildman–Crippen LogP) is 5.50. The minimum atomic E-state index is -3.99. The Morgan fingerprint density at radius 2 is 1.47 bits per heavy atom. The van der Waals surface area contributed by atoms with Crippen molar-refractivity contribution in [3.63, 3.8) is 0 Å². The summed E-state index contributed by atoms with van der Waals surface area (Å²) < 4.78 is 27.9. The fourth-order valence-electron chi connectivity index (χ4n) is 3.04. The van der Waals surface area contributed by atoms with Gasteiger partial charge >= 0.3 is 0 Å². The zero-order valence-electron chi connectivity index (χ0n) is 17.2. The van der Waals surface area contributed by atoms with E-state index in [2.05, 4.69) is 0 Å². The molecular weight excluding hydrogens is 491 g/mol. The van der Waals surface area contributed by atoms with Gasteiger partial charge in [0, 0.05) is 25.2 Å². The van der Waals surface area contributed by atoms with Crippen LogP contribution in [0.3, 0.4) is 0 Å². The van der Waals surface area contributed by atoms with Gasteiger partial charge in [-0.25, -0.2) is 8.42 Å². The number of carbonyl (C=O) groups is 1. The Kier molecular flexibility index (Phi) is 8.20. The standard InChI is InChI=1S/C23H21Cl3N2O3S/c1-27(14-17-5-3-2-4-6-17)23(29)16-28(15-18-7-12-21(25)22(26)13-18)32(30,31)20-10-8-19(24)9-11-20/h2-13H,14-16H2,1H3. The molecule has 1 amide bonds. The van der Waals surface area contributed by atoms with Gasteiger partial charge in [-0.3, -0.25) is 4.79 Å². The molecule has 9 heteroatoms. The molecule has 0 aliphatic carbocycles. The first kappa shape index (κ1) is 24.6. The maximum Gasteiger partial charge on any atom is 0.243 e. The largest absolute Gasteiger partial charge is 0.340 e. The van der Waals surface area contributed by atoms with Gasteiger partial charge in [-0.1, -0.05) is 71.2 Å². The van der Waals surface area contributed by atoms with Crippen LogP contribution in [0.1, 0.15) is 11.1 Å². The van der Waals surface area contributed by atoms with Crippen LogP contribution >= 0.6 is 34.8 Å². The number of sulfonamides is 1. The second kappa shape index (κ2) is 10.7. The van der Waals surface area contributed by atoms with Gasteiger partial charge in [-0.2, -0.15) is 4.31 Å². The number of amides is 1. The summed E-state index contributed by atoms with van der Waals surface area (Å²) in [6.07, 6.45) is 0. The fourth-order valence-corrected chi connectivity index (χ4v) is 4.86. The molecule has 0 N–H and O–H groups in total. The maximum absolute atomic E-state index is 13.4. The van der Waals surface area contributed by atoms with Crippen LogP contribution < -0.4 is 0 Å². The van der Waals surface area contributed by atoms with Gasteiger partial charge in [0.05, 0.1) is 21.5 Å². The number of nitrogens with zero attached hydrogens (tertiary/aromatic N) is 2. The first-order valence-electron chi connectivity index (χ1n) is 9.64. The summed E-state index contributed by atoms with van der Waals surface area (Å²) in [6, 6.07) is 20.1.